The van der Waals surface area contributed by atoms with Crippen LogP contribution in [0.1, 0.15) is 13.8 Å². The van der Waals surface area contributed by atoms with E-state index in [4.69, 9.17) is 9.94 Å². The van der Waals surface area contributed by atoms with Gasteiger partial charge in [0, 0.05) is 24.9 Å². The number of rotatable bonds is 5. The summed E-state index contributed by atoms with van der Waals surface area (Å²) in [6.45, 7) is 4.91. The average molecular weight is 211 g/mol. The summed E-state index contributed by atoms with van der Waals surface area (Å²) in [7, 11) is 1.63. The highest BCUT2D eigenvalue weighted by Crippen LogP contribution is 2.19. The Morgan fingerprint density at radius 1 is 1.60 bits per heavy atom. The van der Waals surface area contributed by atoms with Gasteiger partial charge in [-0.2, -0.15) is 5.10 Å². The molecular weight excluding hydrogens is 194 g/mol. The summed E-state index contributed by atoms with van der Waals surface area (Å²) in [5.41, 5.74) is 0.350. The molecule has 1 rings (SSSR count). The molecular formula is C10H17N3O2. The maximum absolute atomic E-state index is 8.98. The molecule has 5 nitrogen and oxygen atoms in total. The second kappa shape index (κ2) is 4.93. The van der Waals surface area contributed by atoms with Crippen LogP contribution >= 0.6 is 0 Å². The van der Waals surface area contributed by atoms with E-state index in [-0.39, 0.29) is 5.41 Å². The van der Waals surface area contributed by atoms with E-state index in [9.17, 15) is 0 Å². The summed E-state index contributed by atoms with van der Waals surface area (Å²) in [5, 5.41) is 16.4. The second-order valence-electron chi connectivity index (χ2n) is 4.07. The van der Waals surface area contributed by atoms with Crippen molar-refractivity contribution in [3.05, 3.63) is 18.5 Å². The number of methoxy groups -OCH3 is 1. The Hall–Kier alpha value is -1.36. The van der Waals surface area contributed by atoms with Crippen molar-refractivity contribution < 1.29 is 9.94 Å². The third kappa shape index (κ3) is 3.06. The maximum atomic E-state index is 8.98. The number of hydrogen-bond acceptors (Lipinski definition) is 4. The van der Waals surface area contributed by atoms with E-state index in [0.717, 1.165) is 0 Å². The summed E-state index contributed by atoms with van der Waals surface area (Å²) in [6.07, 6.45) is 3.52. The molecule has 84 valence electrons. The van der Waals surface area contributed by atoms with Gasteiger partial charge in [-0.15, -0.1) is 0 Å². The van der Waals surface area contributed by atoms with E-state index < -0.39 is 0 Å². The number of ether oxygens (including phenoxy) is 1. The number of oxime groups is 1. The quantitative estimate of drug-likeness (QED) is 0.455. The Balaban J connectivity index is 2.72. The molecule has 0 bridgehead atoms. The number of nitrogens with zero attached hydrogens (tertiary/aromatic N) is 3. The summed E-state index contributed by atoms with van der Waals surface area (Å²) >= 11 is 0. The van der Waals surface area contributed by atoms with Crippen LogP contribution in [0.2, 0.25) is 0 Å². The fourth-order valence-corrected chi connectivity index (χ4v) is 1.37. The zero-order chi connectivity index (χ0) is 11.3. The summed E-state index contributed by atoms with van der Waals surface area (Å²) in [5.74, 6) is 0. The van der Waals surface area contributed by atoms with Crippen molar-refractivity contribution in [1.82, 2.24) is 9.78 Å². The van der Waals surface area contributed by atoms with Crippen LogP contribution in [0.3, 0.4) is 0 Å². The van der Waals surface area contributed by atoms with Crippen molar-refractivity contribution >= 4 is 5.71 Å². The lowest BCUT2D eigenvalue weighted by Gasteiger charge is -2.24. The average Bonchev–Trinajstić information content (AvgIpc) is 2.66. The van der Waals surface area contributed by atoms with Crippen LogP contribution in [-0.4, -0.2) is 34.4 Å². The molecule has 0 aromatic carbocycles. The van der Waals surface area contributed by atoms with E-state index in [0.29, 0.717) is 18.9 Å². The third-order valence-electron chi connectivity index (χ3n) is 2.28. The molecule has 1 heterocycles. The molecule has 15 heavy (non-hydrogen) atoms. The molecule has 1 aromatic heterocycles. The van der Waals surface area contributed by atoms with Crippen molar-refractivity contribution in [3.8, 4) is 0 Å². The minimum Gasteiger partial charge on any atom is -0.411 e. The van der Waals surface area contributed by atoms with Gasteiger partial charge in [0.15, 0.2) is 0 Å². The molecule has 0 amide bonds. The van der Waals surface area contributed by atoms with Gasteiger partial charge in [0.2, 0.25) is 0 Å². The summed E-state index contributed by atoms with van der Waals surface area (Å²) in [6, 6.07) is 1.83. The molecule has 0 aliphatic carbocycles. The molecule has 0 saturated heterocycles. The van der Waals surface area contributed by atoms with Gasteiger partial charge in [0.25, 0.3) is 0 Å². The highest BCUT2D eigenvalue weighted by molar-refractivity contribution is 5.89. The standard InChI is InChI=1S/C10H17N3O2/c1-10(2,8-15-3)9(12-14)7-13-6-4-5-11-13/h4-6,14H,7-8H2,1-3H3. The predicted octanol–water partition coefficient (Wildman–Crippen LogP) is 1.39. The van der Waals surface area contributed by atoms with Crippen LogP contribution in [0.25, 0.3) is 0 Å². The van der Waals surface area contributed by atoms with Crippen molar-refractivity contribution in [2.24, 2.45) is 10.6 Å². The molecule has 0 saturated carbocycles. The van der Waals surface area contributed by atoms with Crippen LogP contribution in [0.4, 0.5) is 0 Å². The highest BCUT2D eigenvalue weighted by Gasteiger charge is 2.26. The molecule has 0 unspecified atom stereocenters. The van der Waals surface area contributed by atoms with Crippen LogP contribution < -0.4 is 0 Å². The summed E-state index contributed by atoms with van der Waals surface area (Å²) < 4.78 is 6.80. The molecule has 0 aliphatic rings. The predicted molar refractivity (Wildman–Crippen MR) is 57.1 cm³/mol. The first kappa shape index (κ1) is 11.7. The Kier molecular flexibility index (Phi) is 3.85. The largest absolute Gasteiger partial charge is 0.411 e. The minimum absolute atomic E-state index is 0.296. The molecule has 0 spiro atoms. The van der Waals surface area contributed by atoms with Crippen molar-refractivity contribution in [2.45, 2.75) is 20.4 Å². The summed E-state index contributed by atoms with van der Waals surface area (Å²) in [4.78, 5) is 0. The first-order valence-corrected chi connectivity index (χ1v) is 4.78. The van der Waals surface area contributed by atoms with E-state index in [2.05, 4.69) is 10.3 Å². The Labute approximate surface area is 89.4 Å². The number of aromatic nitrogens is 2. The zero-order valence-electron chi connectivity index (χ0n) is 9.34. The smallest absolute Gasteiger partial charge is 0.0864 e. The van der Waals surface area contributed by atoms with Gasteiger partial charge in [-0.1, -0.05) is 19.0 Å². The molecule has 0 atom stereocenters. The Morgan fingerprint density at radius 2 is 2.33 bits per heavy atom. The van der Waals surface area contributed by atoms with Gasteiger partial charge in [-0.3, -0.25) is 4.68 Å². The first-order chi connectivity index (χ1) is 7.10. The maximum Gasteiger partial charge on any atom is 0.0864 e. The van der Waals surface area contributed by atoms with Crippen molar-refractivity contribution in [2.75, 3.05) is 13.7 Å². The lowest BCUT2D eigenvalue weighted by atomic mass is 9.88. The lowest BCUT2D eigenvalue weighted by molar-refractivity contribution is 0.138. The van der Waals surface area contributed by atoms with Crippen molar-refractivity contribution in [1.29, 1.82) is 0 Å². The van der Waals surface area contributed by atoms with Gasteiger partial charge in [0.05, 0.1) is 18.9 Å². The highest BCUT2D eigenvalue weighted by atomic mass is 16.5. The van der Waals surface area contributed by atoms with E-state index >= 15 is 0 Å². The molecule has 5 heteroatoms. The Morgan fingerprint density at radius 3 is 2.80 bits per heavy atom. The van der Waals surface area contributed by atoms with Crippen LogP contribution in [0, 0.1) is 5.41 Å². The molecule has 0 aliphatic heterocycles. The van der Waals surface area contributed by atoms with Crippen LogP contribution in [0.15, 0.2) is 23.6 Å². The lowest BCUT2D eigenvalue weighted by Crippen LogP contribution is -2.32. The molecule has 1 N–H and O–H groups in total. The topological polar surface area (TPSA) is 59.6 Å². The minimum atomic E-state index is -0.296. The monoisotopic (exact) mass is 211 g/mol. The normalized spacial score (nSPS) is 13.1. The van der Waals surface area contributed by atoms with Gasteiger partial charge in [0.1, 0.15) is 0 Å². The van der Waals surface area contributed by atoms with Crippen LogP contribution in [0.5, 0.6) is 0 Å². The first-order valence-electron chi connectivity index (χ1n) is 4.78. The fraction of sp³-hybridized carbons (Fsp3) is 0.600. The molecule has 0 radical (unpaired) electrons. The van der Waals surface area contributed by atoms with Gasteiger partial charge >= 0.3 is 0 Å². The molecule has 0 fully saturated rings. The van der Waals surface area contributed by atoms with E-state index in [1.807, 2.05) is 26.1 Å². The fourth-order valence-electron chi connectivity index (χ4n) is 1.37. The molecule has 1 aromatic rings. The third-order valence-corrected chi connectivity index (χ3v) is 2.28. The second-order valence-corrected chi connectivity index (χ2v) is 4.07. The van der Waals surface area contributed by atoms with Crippen molar-refractivity contribution in [3.63, 3.8) is 0 Å². The van der Waals surface area contributed by atoms with E-state index in [1.54, 1.807) is 18.0 Å². The van der Waals surface area contributed by atoms with Crippen LogP contribution in [-0.2, 0) is 11.3 Å². The van der Waals surface area contributed by atoms with Gasteiger partial charge in [-0.05, 0) is 6.07 Å². The van der Waals surface area contributed by atoms with Gasteiger partial charge < -0.3 is 9.94 Å². The zero-order valence-corrected chi connectivity index (χ0v) is 9.34. The van der Waals surface area contributed by atoms with E-state index in [1.165, 1.54) is 0 Å². The SMILES string of the molecule is COCC(C)(C)C(Cn1cccn1)=NO. The Bertz CT molecular complexity index is 317. The number of hydrogen-bond donors (Lipinski definition) is 1. The van der Waals surface area contributed by atoms with Gasteiger partial charge in [-0.25, -0.2) is 0 Å².